The fourth-order valence-electron chi connectivity index (χ4n) is 2.06. The number of azo groups is 1. The van der Waals surface area contributed by atoms with Gasteiger partial charge >= 0.3 is 0 Å². The quantitative estimate of drug-likeness (QED) is 0.517. The van der Waals surface area contributed by atoms with Crippen LogP contribution in [0.4, 0.5) is 17.1 Å². The summed E-state index contributed by atoms with van der Waals surface area (Å²) in [5.74, 6) is 0.181. The number of benzene rings is 3. The standard InChI is InChI=1S/C16H11N3O2/c20-12-7-5-11(6-8-12)17-18-15-9-10-16(19-21)14-4-2-1-3-13(14)15/h1-10,20H. The molecule has 102 valence electrons. The molecule has 0 amide bonds. The normalized spacial score (nSPS) is 11.0. The summed E-state index contributed by atoms with van der Waals surface area (Å²) in [5, 5.41) is 22.1. The summed E-state index contributed by atoms with van der Waals surface area (Å²) in [6.45, 7) is 0. The molecule has 0 radical (unpaired) electrons. The van der Waals surface area contributed by atoms with Crippen LogP contribution >= 0.6 is 0 Å². The van der Waals surface area contributed by atoms with Gasteiger partial charge in [0.25, 0.3) is 0 Å². The first-order valence-corrected chi connectivity index (χ1v) is 6.34. The topological polar surface area (TPSA) is 74.4 Å². The Hall–Kier alpha value is -3.08. The van der Waals surface area contributed by atoms with Crippen LogP contribution in [0.2, 0.25) is 0 Å². The van der Waals surface area contributed by atoms with Gasteiger partial charge in [-0.1, -0.05) is 24.3 Å². The number of nitrogens with zero attached hydrogens (tertiary/aromatic N) is 3. The van der Waals surface area contributed by atoms with Crippen LogP contribution in [-0.2, 0) is 0 Å². The molecule has 0 unspecified atom stereocenters. The molecule has 5 nitrogen and oxygen atoms in total. The van der Waals surface area contributed by atoms with Crippen LogP contribution in [0.5, 0.6) is 5.75 Å². The van der Waals surface area contributed by atoms with E-state index in [0.29, 0.717) is 17.1 Å². The molecular weight excluding hydrogens is 266 g/mol. The van der Waals surface area contributed by atoms with Gasteiger partial charge in [0.15, 0.2) is 0 Å². The second-order valence-corrected chi connectivity index (χ2v) is 4.46. The number of rotatable bonds is 3. The van der Waals surface area contributed by atoms with Gasteiger partial charge in [-0.25, -0.2) is 0 Å². The van der Waals surface area contributed by atoms with E-state index in [2.05, 4.69) is 15.4 Å². The predicted octanol–water partition coefficient (Wildman–Crippen LogP) is 5.36. The van der Waals surface area contributed by atoms with Crippen molar-refractivity contribution >= 4 is 27.8 Å². The molecule has 0 fully saturated rings. The zero-order valence-corrected chi connectivity index (χ0v) is 11.0. The SMILES string of the molecule is O=Nc1ccc(N=Nc2ccc(O)cc2)c2ccccc12. The highest BCUT2D eigenvalue weighted by Gasteiger charge is 2.05. The van der Waals surface area contributed by atoms with Gasteiger partial charge in [0.1, 0.15) is 11.4 Å². The molecule has 3 aromatic carbocycles. The Labute approximate surface area is 120 Å². The molecule has 0 aromatic heterocycles. The number of hydrogen-bond acceptors (Lipinski definition) is 5. The number of phenolic OH excluding ortho intramolecular Hbond substituents is 1. The molecule has 0 saturated carbocycles. The second kappa shape index (κ2) is 5.50. The summed E-state index contributed by atoms with van der Waals surface area (Å²) in [7, 11) is 0. The monoisotopic (exact) mass is 277 g/mol. The first kappa shape index (κ1) is 12.9. The Morgan fingerprint density at radius 2 is 1.33 bits per heavy atom. The van der Waals surface area contributed by atoms with Gasteiger partial charge in [-0.15, -0.1) is 10.0 Å². The molecule has 0 aliphatic rings. The third-order valence-electron chi connectivity index (χ3n) is 3.10. The molecule has 3 rings (SSSR count). The molecule has 1 N–H and O–H groups in total. The minimum atomic E-state index is 0.181. The van der Waals surface area contributed by atoms with Crippen LogP contribution in [0.15, 0.2) is 76.1 Å². The average molecular weight is 277 g/mol. The maximum atomic E-state index is 10.8. The Morgan fingerprint density at radius 1 is 0.714 bits per heavy atom. The van der Waals surface area contributed by atoms with Gasteiger partial charge in [0.05, 0.1) is 11.4 Å². The Morgan fingerprint density at radius 3 is 2.00 bits per heavy atom. The highest BCUT2D eigenvalue weighted by atomic mass is 16.3. The van der Waals surface area contributed by atoms with Gasteiger partial charge in [-0.05, 0) is 41.6 Å². The zero-order chi connectivity index (χ0) is 14.7. The third-order valence-corrected chi connectivity index (χ3v) is 3.10. The molecule has 0 aliphatic heterocycles. The number of fused-ring (bicyclic) bond motifs is 1. The molecule has 0 atom stereocenters. The molecule has 5 heteroatoms. The van der Waals surface area contributed by atoms with Gasteiger partial charge in [0, 0.05) is 10.8 Å². The third kappa shape index (κ3) is 2.62. The van der Waals surface area contributed by atoms with Gasteiger partial charge in [-0.3, -0.25) is 0 Å². The van der Waals surface area contributed by atoms with Crippen LogP contribution in [0.1, 0.15) is 0 Å². The lowest BCUT2D eigenvalue weighted by Gasteiger charge is -2.02. The first-order chi connectivity index (χ1) is 10.3. The number of phenols is 1. The van der Waals surface area contributed by atoms with E-state index in [-0.39, 0.29) is 5.75 Å². The fourth-order valence-corrected chi connectivity index (χ4v) is 2.06. The van der Waals surface area contributed by atoms with E-state index in [1.807, 2.05) is 24.3 Å². The lowest BCUT2D eigenvalue weighted by atomic mass is 10.1. The summed E-state index contributed by atoms with van der Waals surface area (Å²) in [6, 6.07) is 17.2. The van der Waals surface area contributed by atoms with Crippen molar-refractivity contribution in [3.8, 4) is 5.75 Å². The Kier molecular flexibility index (Phi) is 3.39. The summed E-state index contributed by atoms with van der Waals surface area (Å²) >= 11 is 0. The van der Waals surface area contributed by atoms with Crippen molar-refractivity contribution in [1.82, 2.24) is 0 Å². The average Bonchev–Trinajstić information content (AvgIpc) is 2.54. The second-order valence-electron chi connectivity index (χ2n) is 4.46. The minimum absolute atomic E-state index is 0.181. The van der Waals surface area contributed by atoms with Gasteiger partial charge in [0.2, 0.25) is 0 Å². The number of nitroso groups, excluding NO2 is 1. The maximum Gasteiger partial charge on any atom is 0.115 e. The van der Waals surface area contributed by atoms with Crippen LogP contribution in [0.3, 0.4) is 0 Å². The summed E-state index contributed by atoms with van der Waals surface area (Å²) < 4.78 is 0. The lowest BCUT2D eigenvalue weighted by molar-refractivity contribution is 0.475. The summed E-state index contributed by atoms with van der Waals surface area (Å²) in [6.07, 6.45) is 0. The molecular formula is C16H11N3O2. The minimum Gasteiger partial charge on any atom is -0.508 e. The largest absolute Gasteiger partial charge is 0.508 e. The van der Waals surface area contributed by atoms with Crippen molar-refractivity contribution < 1.29 is 5.11 Å². The summed E-state index contributed by atoms with van der Waals surface area (Å²) in [5.41, 5.74) is 1.68. The highest BCUT2D eigenvalue weighted by Crippen LogP contribution is 2.34. The molecule has 21 heavy (non-hydrogen) atoms. The summed E-state index contributed by atoms with van der Waals surface area (Å²) in [4.78, 5) is 10.8. The maximum absolute atomic E-state index is 10.8. The van der Waals surface area contributed by atoms with Crippen molar-refractivity contribution in [3.63, 3.8) is 0 Å². The molecule has 0 bridgehead atoms. The van der Waals surface area contributed by atoms with Crippen LogP contribution in [-0.4, -0.2) is 5.11 Å². The van der Waals surface area contributed by atoms with E-state index in [4.69, 9.17) is 0 Å². The van der Waals surface area contributed by atoms with Crippen molar-refractivity contribution in [2.75, 3.05) is 0 Å². The van der Waals surface area contributed by atoms with E-state index in [9.17, 15) is 10.0 Å². The number of hydrogen-bond donors (Lipinski definition) is 1. The van der Waals surface area contributed by atoms with Crippen molar-refractivity contribution in [2.24, 2.45) is 15.4 Å². The van der Waals surface area contributed by atoms with E-state index in [1.165, 1.54) is 0 Å². The zero-order valence-electron chi connectivity index (χ0n) is 11.0. The van der Waals surface area contributed by atoms with Crippen molar-refractivity contribution in [3.05, 3.63) is 65.6 Å². The van der Waals surface area contributed by atoms with E-state index in [1.54, 1.807) is 36.4 Å². The van der Waals surface area contributed by atoms with Crippen molar-refractivity contribution in [2.45, 2.75) is 0 Å². The van der Waals surface area contributed by atoms with Crippen LogP contribution < -0.4 is 0 Å². The highest BCUT2D eigenvalue weighted by molar-refractivity contribution is 5.99. The Balaban J connectivity index is 2.05. The number of aromatic hydroxyl groups is 1. The molecule has 0 saturated heterocycles. The van der Waals surface area contributed by atoms with E-state index >= 15 is 0 Å². The lowest BCUT2D eigenvalue weighted by Crippen LogP contribution is -1.74. The van der Waals surface area contributed by atoms with Crippen molar-refractivity contribution in [1.29, 1.82) is 0 Å². The van der Waals surface area contributed by atoms with Crippen LogP contribution in [0, 0.1) is 4.91 Å². The first-order valence-electron chi connectivity index (χ1n) is 6.34. The molecule has 0 spiro atoms. The predicted molar refractivity (Wildman–Crippen MR) is 81.7 cm³/mol. The smallest absolute Gasteiger partial charge is 0.115 e. The Bertz CT molecular complexity index is 827. The van der Waals surface area contributed by atoms with Crippen LogP contribution in [0.25, 0.3) is 10.8 Å². The van der Waals surface area contributed by atoms with Gasteiger partial charge in [-0.2, -0.15) is 5.11 Å². The van der Waals surface area contributed by atoms with E-state index < -0.39 is 0 Å². The molecule has 0 aliphatic carbocycles. The van der Waals surface area contributed by atoms with Gasteiger partial charge < -0.3 is 5.11 Å². The fraction of sp³-hybridized carbons (Fsp3) is 0. The molecule has 3 aromatic rings. The molecule has 0 heterocycles. The van der Waals surface area contributed by atoms with E-state index in [0.717, 1.165) is 10.8 Å².